The van der Waals surface area contributed by atoms with Crippen LogP contribution in [-0.4, -0.2) is 11.1 Å². The summed E-state index contributed by atoms with van der Waals surface area (Å²) in [5.74, 6) is 0.807. The maximum atomic E-state index is 12.3. The Morgan fingerprint density at radius 3 is 2.81 bits per heavy atom. The summed E-state index contributed by atoms with van der Waals surface area (Å²) in [6.45, 7) is 0.214. The number of fused-ring (bicyclic) bond motifs is 1. The minimum Gasteiger partial charge on any atom is -0.453 e. The molecule has 0 aliphatic heterocycles. The standard InChI is InChI=1S/C19H12BrClN2O3/c20-12-5-6-15(21)14(8-12)19(24)22-10-13-9-18(26-23-13)17-7-11-3-1-2-4-16(11)25-17/h1-9H,10H2,(H,22,24). The van der Waals surface area contributed by atoms with Crippen LogP contribution in [0.25, 0.3) is 22.5 Å². The molecule has 1 amide bonds. The highest BCUT2D eigenvalue weighted by Gasteiger charge is 2.14. The average molecular weight is 432 g/mol. The van der Waals surface area contributed by atoms with E-state index in [-0.39, 0.29) is 12.5 Å². The topological polar surface area (TPSA) is 68.3 Å². The second kappa shape index (κ2) is 6.97. The van der Waals surface area contributed by atoms with Gasteiger partial charge < -0.3 is 14.3 Å². The SMILES string of the molecule is O=C(NCc1cc(-c2cc3ccccc3o2)on1)c1cc(Br)ccc1Cl. The minimum absolute atomic E-state index is 0.214. The third-order valence-electron chi connectivity index (χ3n) is 3.83. The lowest BCUT2D eigenvalue weighted by Crippen LogP contribution is -2.23. The van der Waals surface area contributed by atoms with Gasteiger partial charge >= 0.3 is 0 Å². The first kappa shape index (κ1) is 16.9. The number of aromatic nitrogens is 1. The van der Waals surface area contributed by atoms with Crippen LogP contribution in [0.2, 0.25) is 5.02 Å². The monoisotopic (exact) mass is 430 g/mol. The quantitative estimate of drug-likeness (QED) is 0.467. The summed E-state index contributed by atoms with van der Waals surface area (Å²) in [6, 6.07) is 16.4. The summed E-state index contributed by atoms with van der Waals surface area (Å²) in [7, 11) is 0. The highest BCUT2D eigenvalue weighted by molar-refractivity contribution is 9.10. The van der Waals surface area contributed by atoms with E-state index in [1.165, 1.54) is 0 Å². The number of halogens is 2. The highest BCUT2D eigenvalue weighted by Crippen LogP contribution is 2.28. The Morgan fingerprint density at radius 2 is 1.96 bits per heavy atom. The largest absolute Gasteiger partial charge is 0.453 e. The summed E-state index contributed by atoms with van der Waals surface area (Å²) in [6.07, 6.45) is 0. The summed E-state index contributed by atoms with van der Waals surface area (Å²) >= 11 is 9.40. The molecule has 0 aliphatic carbocycles. The number of nitrogens with zero attached hydrogens (tertiary/aromatic N) is 1. The molecule has 2 heterocycles. The first-order chi connectivity index (χ1) is 12.6. The number of para-hydroxylation sites is 1. The fourth-order valence-electron chi connectivity index (χ4n) is 2.55. The van der Waals surface area contributed by atoms with Crippen LogP contribution in [0.5, 0.6) is 0 Å². The van der Waals surface area contributed by atoms with Crippen molar-refractivity contribution in [2.75, 3.05) is 0 Å². The number of furan rings is 1. The summed E-state index contributed by atoms with van der Waals surface area (Å²) in [5, 5.41) is 8.12. The van der Waals surface area contributed by atoms with Gasteiger partial charge in [0, 0.05) is 15.9 Å². The van der Waals surface area contributed by atoms with Crippen LogP contribution in [0.4, 0.5) is 0 Å². The van der Waals surface area contributed by atoms with Gasteiger partial charge in [-0.1, -0.05) is 50.9 Å². The molecule has 0 spiro atoms. The van der Waals surface area contributed by atoms with Crippen molar-refractivity contribution < 1.29 is 13.7 Å². The van der Waals surface area contributed by atoms with Gasteiger partial charge in [-0.25, -0.2) is 0 Å². The Labute approximate surface area is 162 Å². The number of benzene rings is 2. The Hall–Kier alpha value is -2.57. The fourth-order valence-corrected chi connectivity index (χ4v) is 3.12. The van der Waals surface area contributed by atoms with Gasteiger partial charge in [-0.3, -0.25) is 4.79 Å². The summed E-state index contributed by atoms with van der Waals surface area (Å²) < 4.78 is 11.9. The zero-order chi connectivity index (χ0) is 18.1. The molecule has 0 radical (unpaired) electrons. The number of hydrogen-bond donors (Lipinski definition) is 1. The number of carbonyl (C=O) groups is 1. The van der Waals surface area contributed by atoms with E-state index in [1.54, 1.807) is 24.3 Å². The maximum absolute atomic E-state index is 12.3. The van der Waals surface area contributed by atoms with Gasteiger partial charge in [0.2, 0.25) is 5.76 Å². The maximum Gasteiger partial charge on any atom is 0.253 e. The molecule has 0 saturated carbocycles. The van der Waals surface area contributed by atoms with Crippen LogP contribution >= 0.6 is 27.5 Å². The van der Waals surface area contributed by atoms with Crippen LogP contribution in [0.1, 0.15) is 16.1 Å². The number of amides is 1. The third-order valence-corrected chi connectivity index (χ3v) is 4.65. The molecule has 4 aromatic rings. The third kappa shape index (κ3) is 3.38. The van der Waals surface area contributed by atoms with Crippen LogP contribution < -0.4 is 5.32 Å². The Bertz CT molecular complexity index is 1070. The highest BCUT2D eigenvalue weighted by atomic mass is 79.9. The van der Waals surface area contributed by atoms with Crippen molar-refractivity contribution in [2.45, 2.75) is 6.54 Å². The van der Waals surface area contributed by atoms with E-state index >= 15 is 0 Å². The molecule has 1 N–H and O–H groups in total. The lowest BCUT2D eigenvalue weighted by Gasteiger charge is -2.05. The molecular formula is C19H12BrClN2O3. The van der Waals surface area contributed by atoms with Crippen molar-refractivity contribution >= 4 is 44.4 Å². The first-order valence-electron chi connectivity index (χ1n) is 7.78. The number of nitrogens with one attached hydrogen (secondary N) is 1. The van der Waals surface area contributed by atoms with Crippen molar-refractivity contribution in [2.24, 2.45) is 0 Å². The molecule has 7 heteroatoms. The van der Waals surface area contributed by atoms with Gasteiger partial charge in [0.25, 0.3) is 5.91 Å². The lowest BCUT2D eigenvalue weighted by molar-refractivity contribution is 0.0950. The Kier molecular flexibility index (Phi) is 4.53. The van der Waals surface area contributed by atoms with Gasteiger partial charge in [-0.2, -0.15) is 0 Å². The number of hydrogen-bond acceptors (Lipinski definition) is 4. The molecule has 130 valence electrons. The normalized spacial score (nSPS) is 11.0. The van der Waals surface area contributed by atoms with E-state index in [2.05, 4.69) is 26.4 Å². The molecule has 5 nitrogen and oxygen atoms in total. The second-order valence-electron chi connectivity index (χ2n) is 5.64. The van der Waals surface area contributed by atoms with Crippen LogP contribution in [0, 0.1) is 0 Å². The molecule has 0 saturated heterocycles. The van der Waals surface area contributed by atoms with Gasteiger partial charge in [-0.15, -0.1) is 0 Å². The van der Waals surface area contributed by atoms with E-state index in [4.69, 9.17) is 20.5 Å². The molecule has 2 aromatic carbocycles. The van der Waals surface area contributed by atoms with E-state index in [0.29, 0.717) is 27.8 Å². The predicted octanol–water partition coefficient (Wildman–Crippen LogP) is 5.43. The van der Waals surface area contributed by atoms with Crippen LogP contribution in [0.3, 0.4) is 0 Å². The van der Waals surface area contributed by atoms with Crippen molar-refractivity contribution in [3.05, 3.63) is 75.4 Å². The van der Waals surface area contributed by atoms with Crippen molar-refractivity contribution in [1.82, 2.24) is 10.5 Å². The summed E-state index contributed by atoms with van der Waals surface area (Å²) in [5.41, 5.74) is 1.75. The van der Waals surface area contributed by atoms with Crippen molar-refractivity contribution in [3.8, 4) is 11.5 Å². The summed E-state index contributed by atoms with van der Waals surface area (Å²) in [4.78, 5) is 12.3. The average Bonchev–Trinajstić information content (AvgIpc) is 3.28. The molecule has 4 rings (SSSR count). The molecule has 26 heavy (non-hydrogen) atoms. The van der Waals surface area contributed by atoms with E-state index in [1.807, 2.05) is 30.3 Å². The Balaban J connectivity index is 1.48. The van der Waals surface area contributed by atoms with Gasteiger partial charge in [0.05, 0.1) is 17.1 Å². The Morgan fingerprint density at radius 1 is 1.12 bits per heavy atom. The molecule has 0 fully saturated rings. The second-order valence-corrected chi connectivity index (χ2v) is 6.96. The van der Waals surface area contributed by atoms with Crippen molar-refractivity contribution in [1.29, 1.82) is 0 Å². The predicted molar refractivity (Wildman–Crippen MR) is 102 cm³/mol. The fraction of sp³-hybridized carbons (Fsp3) is 0.0526. The smallest absolute Gasteiger partial charge is 0.253 e. The zero-order valence-electron chi connectivity index (χ0n) is 13.3. The van der Waals surface area contributed by atoms with Gasteiger partial charge in [0.15, 0.2) is 5.76 Å². The van der Waals surface area contributed by atoms with E-state index in [0.717, 1.165) is 15.4 Å². The number of carbonyl (C=O) groups excluding carboxylic acids is 1. The first-order valence-corrected chi connectivity index (χ1v) is 8.95. The van der Waals surface area contributed by atoms with E-state index < -0.39 is 0 Å². The molecule has 0 unspecified atom stereocenters. The van der Waals surface area contributed by atoms with E-state index in [9.17, 15) is 4.79 Å². The molecule has 0 aliphatic rings. The molecule has 0 bridgehead atoms. The number of rotatable bonds is 4. The zero-order valence-corrected chi connectivity index (χ0v) is 15.7. The van der Waals surface area contributed by atoms with Crippen molar-refractivity contribution in [3.63, 3.8) is 0 Å². The molecule has 2 aromatic heterocycles. The van der Waals surface area contributed by atoms with Gasteiger partial charge in [0.1, 0.15) is 11.3 Å². The van der Waals surface area contributed by atoms with Gasteiger partial charge in [-0.05, 0) is 30.3 Å². The van der Waals surface area contributed by atoms with Crippen LogP contribution in [-0.2, 0) is 6.54 Å². The van der Waals surface area contributed by atoms with Crippen LogP contribution in [0.15, 0.2) is 68.0 Å². The lowest BCUT2D eigenvalue weighted by atomic mass is 10.2. The molecule has 0 atom stereocenters. The molecular weight excluding hydrogens is 420 g/mol. The minimum atomic E-state index is -0.287.